The van der Waals surface area contributed by atoms with E-state index in [0.717, 1.165) is 12.2 Å². The summed E-state index contributed by atoms with van der Waals surface area (Å²) in [4.78, 5) is 16.8. The molecular formula is C21H23ClN2O3. The van der Waals surface area contributed by atoms with Gasteiger partial charge in [0.1, 0.15) is 11.5 Å². The van der Waals surface area contributed by atoms with E-state index >= 15 is 0 Å². The third-order valence-electron chi connectivity index (χ3n) is 3.64. The number of amides is 1. The van der Waals surface area contributed by atoms with Gasteiger partial charge in [0.25, 0.3) is 5.91 Å². The van der Waals surface area contributed by atoms with Crippen LogP contribution in [0.5, 0.6) is 5.75 Å². The van der Waals surface area contributed by atoms with Crippen molar-refractivity contribution in [1.29, 1.82) is 0 Å². The van der Waals surface area contributed by atoms with E-state index in [0.29, 0.717) is 29.4 Å². The predicted octanol–water partition coefficient (Wildman–Crippen LogP) is 4.94. The molecule has 0 fully saturated rings. The Kier molecular flexibility index (Phi) is 7.89. The van der Waals surface area contributed by atoms with Gasteiger partial charge in [0.05, 0.1) is 17.9 Å². The van der Waals surface area contributed by atoms with E-state index in [1.807, 2.05) is 13.8 Å². The number of rotatable bonds is 8. The van der Waals surface area contributed by atoms with Gasteiger partial charge in [-0.2, -0.15) is 0 Å². The zero-order valence-corrected chi connectivity index (χ0v) is 16.2. The summed E-state index contributed by atoms with van der Waals surface area (Å²) >= 11 is 5.89. The maximum Gasteiger partial charge on any atom is 0.256 e. The number of aliphatic hydroxyl groups excluding tert-OH is 1. The van der Waals surface area contributed by atoms with Gasteiger partial charge in [-0.1, -0.05) is 18.5 Å². The Bertz CT molecular complexity index is 812. The van der Waals surface area contributed by atoms with Gasteiger partial charge >= 0.3 is 0 Å². The highest BCUT2D eigenvalue weighted by molar-refractivity contribution is 6.30. The molecule has 0 radical (unpaired) electrons. The molecule has 142 valence electrons. The Hall–Kier alpha value is -2.79. The SMILES string of the molecule is CCCNC(=O)/C(C=Nc1ccc(OCC)cc1)=C(\O)c1ccc(Cl)cc1. The molecule has 0 atom stereocenters. The van der Waals surface area contributed by atoms with Crippen LogP contribution in [0.3, 0.4) is 0 Å². The summed E-state index contributed by atoms with van der Waals surface area (Å²) in [5.41, 5.74) is 1.21. The van der Waals surface area contributed by atoms with Crippen molar-refractivity contribution in [1.82, 2.24) is 5.32 Å². The second-order valence-electron chi connectivity index (χ2n) is 5.71. The third kappa shape index (κ3) is 6.15. The summed E-state index contributed by atoms with van der Waals surface area (Å²) in [6.07, 6.45) is 2.15. The van der Waals surface area contributed by atoms with Crippen LogP contribution < -0.4 is 10.1 Å². The van der Waals surface area contributed by atoms with Crippen LogP contribution in [0.25, 0.3) is 5.76 Å². The molecule has 0 unspecified atom stereocenters. The van der Waals surface area contributed by atoms with E-state index in [2.05, 4.69) is 10.3 Å². The van der Waals surface area contributed by atoms with Gasteiger partial charge in [-0.3, -0.25) is 9.79 Å². The lowest BCUT2D eigenvalue weighted by atomic mass is 10.1. The van der Waals surface area contributed by atoms with Crippen LogP contribution >= 0.6 is 11.6 Å². The predicted molar refractivity (Wildman–Crippen MR) is 110 cm³/mol. The number of ether oxygens (including phenoxy) is 1. The lowest BCUT2D eigenvalue weighted by Crippen LogP contribution is -2.27. The van der Waals surface area contributed by atoms with E-state index < -0.39 is 0 Å². The first-order valence-corrected chi connectivity index (χ1v) is 9.17. The van der Waals surface area contributed by atoms with Crippen molar-refractivity contribution >= 4 is 35.2 Å². The van der Waals surface area contributed by atoms with Crippen molar-refractivity contribution in [2.24, 2.45) is 4.99 Å². The fourth-order valence-corrected chi connectivity index (χ4v) is 2.38. The Morgan fingerprint density at radius 2 is 1.81 bits per heavy atom. The molecule has 5 nitrogen and oxygen atoms in total. The first-order valence-electron chi connectivity index (χ1n) is 8.79. The zero-order chi connectivity index (χ0) is 19.6. The molecule has 2 N–H and O–H groups in total. The maximum atomic E-state index is 12.5. The average molecular weight is 387 g/mol. The van der Waals surface area contributed by atoms with Gasteiger partial charge in [0.15, 0.2) is 0 Å². The largest absolute Gasteiger partial charge is 0.506 e. The van der Waals surface area contributed by atoms with Gasteiger partial charge < -0.3 is 15.2 Å². The number of nitrogens with zero attached hydrogens (tertiary/aromatic N) is 1. The minimum Gasteiger partial charge on any atom is -0.506 e. The van der Waals surface area contributed by atoms with Gasteiger partial charge in [-0.25, -0.2) is 0 Å². The summed E-state index contributed by atoms with van der Waals surface area (Å²) in [6, 6.07) is 13.8. The van der Waals surface area contributed by atoms with Crippen molar-refractivity contribution in [2.75, 3.05) is 13.2 Å². The Balaban J connectivity index is 2.32. The molecule has 1 amide bonds. The highest BCUT2D eigenvalue weighted by Crippen LogP contribution is 2.21. The van der Waals surface area contributed by atoms with E-state index in [1.54, 1.807) is 48.5 Å². The second kappa shape index (κ2) is 10.4. The van der Waals surface area contributed by atoms with Crippen LogP contribution in [0.4, 0.5) is 5.69 Å². The summed E-state index contributed by atoms with van der Waals surface area (Å²) < 4.78 is 5.40. The first kappa shape index (κ1) is 20.5. The van der Waals surface area contributed by atoms with Crippen molar-refractivity contribution < 1.29 is 14.6 Å². The number of hydrogen-bond donors (Lipinski definition) is 2. The molecule has 0 aliphatic rings. The summed E-state index contributed by atoms with van der Waals surface area (Å²) in [7, 11) is 0. The van der Waals surface area contributed by atoms with Crippen molar-refractivity contribution in [3.63, 3.8) is 0 Å². The summed E-state index contributed by atoms with van der Waals surface area (Å²) in [5.74, 6) is 0.200. The lowest BCUT2D eigenvalue weighted by molar-refractivity contribution is -0.116. The van der Waals surface area contributed by atoms with Crippen LogP contribution in [0.15, 0.2) is 59.1 Å². The second-order valence-corrected chi connectivity index (χ2v) is 6.15. The van der Waals surface area contributed by atoms with E-state index in [-0.39, 0.29) is 17.2 Å². The molecular weight excluding hydrogens is 364 g/mol. The van der Waals surface area contributed by atoms with Gasteiger partial charge in [-0.05, 0) is 61.9 Å². The molecule has 0 aliphatic heterocycles. The normalized spacial score (nSPS) is 12.0. The van der Waals surface area contributed by atoms with Gasteiger partial charge in [0, 0.05) is 23.3 Å². The molecule has 6 heteroatoms. The Morgan fingerprint density at radius 3 is 2.41 bits per heavy atom. The molecule has 2 aromatic carbocycles. The van der Waals surface area contributed by atoms with Gasteiger partial charge in [0.2, 0.25) is 0 Å². The van der Waals surface area contributed by atoms with Crippen LogP contribution in [-0.4, -0.2) is 30.4 Å². The number of nitrogens with one attached hydrogen (secondary N) is 1. The van der Waals surface area contributed by atoms with Crippen LogP contribution in [0.1, 0.15) is 25.8 Å². The van der Waals surface area contributed by atoms with Crippen molar-refractivity contribution in [3.05, 3.63) is 64.7 Å². The quantitative estimate of drug-likeness (QED) is 0.383. The fraction of sp³-hybridized carbons (Fsp3) is 0.238. The third-order valence-corrected chi connectivity index (χ3v) is 3.90. The number of carbonyl (C=O) groups is 1. The maximum absolute atomic E-state index is 12.5. The molecule has 0 heterocycles. The minimum atomic E-state index is -0.390. The number of carbonyl (C=O) groups excluding carboxylic acids is 1. The minimum absolute atomic E-state index is 0.0830. The number of benzene rings is 2. The molecule has 0 spiro atoms. The molecule has 27 heavy (non-hydrogen) atoms. The molecule has 0 saturated carbocycles. The zero-order valence-electron chi connectivity index (χ0n) is 15.4. The molecule has 0 saturated heterocycles. The van der Waals surface area contributed by atoms with E-state index in [9.17, 15) is 9.90 Å². The lowest BCUT2D eigenvalue weighted by Gasteiger charge is -2.08. The van der Waals surface area contributed by atoms with Crippen LogP contribution in [0, 0.1) is 0 Å². The molecule has 2 aromatic rings. The molecule has 0 aromatic heterocycles. The van der Waals surface area contributed by atoms with Crippen LogP contribution in [0.2, 0.25) is 5.02 Å². The highest BCUT2D eigenvalue weighted by atomic mass is 35.5. The number of halogens is 1. The Morgan fingerprint density at radius 1 is 1.15 bits per heavy atom. The number of aliphatic imine (C=N–C) groups is 1. The smallest absolute Gasteiger partial charge is 0.256 e. The molecule has 0 bridgehead atoms. The van der Waals surface area contributed by atoms with E-state index in [1.165, 1.54) is 6.21 Å². The number of hydrogen-bond acceptors (Lipinski definition) is 4. The molecule has 2 rings (SSSR count). The highest BCUT2D eigenvalue weighted by Gasteiger charge is 2.14. The monoisotopic (exact) mass is 386 g/mol. The first-order chi connectivity index (χ1) is 13.0. The average Bonchev–Trinajstić information content (AvgIpc) is 2.68. The summed E-state index contributed by atoms with van der Waals surface area (Å²) in [5, 5.41) is 13.9. The summed E-state index contributed by atoms with van der Waals surface area (Å²) in [6.45, 7) is 4.96. The number of aliphatic hydroxyl groups is 1. The van der Waals surface area contributed by atoms with Crippen LogP contribution in [-0.2, 0) is 4.79 Å². The molecule has 0 aliphatic carbocycles. The topological polar surface area (TPSA) is 70.9 Å². The van der Waals surface area contributed by atoms with Gasteiger partial charge in [-0.15, -0.1) is 0 Å². The fourth-order valence-electron chi connectivity index (χ4n) is 2.26. The van der Waals surface area contributed by atoms with Crippen molar-refractivity contribution in [2.45, 2.75) is 20.3 Å². The van der Waals surface area contributed by atoms with E-state index in [4.69, 9.17) is 16.3 Å². The standard InChI is InChI=1S/C21H23ClN2O3/c1-3-13-23-21(26)19(20(25)15-5-7-16(22)8-6-15)14-24-17-9-11-18(12-10-17)27-4-2/h5-12,14,25H,3-4,13H2,1-2H3,(H,23,26)/b20-19-,24-14?. The van der Waals surface area contributed by atoms with Crippen molar-refractivity contribution in [3.8, 4) is 5.75 Å². The Labute approximate surface area is 164 Å².